The lowest BCUT2D eigenvalue weighted by Gasteiger charge is -2.23. The molecule has 0 saturated heterocycles. The van der Waals surface area contributed by atoms with Crippen LogP contribution in [0.5, 0.6) is 11.5 Å². The molecule has 0 aliphatic heterocycles. The Kier molecular flexibility index (Phi) is 5.33. The second-order valence-electron chi connectivity index (χ2n) is 5.59. The van der Waals surface area contributed by atoms with Gasteiger partial charge in [-0.3, -0.25) is 0 Å². The van der Waals surface area contributed by atoms with Crippen molar-refractivity contribution in [2.45, 2.75) is 25.3 Å². The molecule has 118 valence electrons. The maximum Gasteiger partial charge on any atom is 0.130 e. The van der Waals surface area contributed by atoms with E-state index in [9.17, 15) is 0 Å². The Morgan fingerprint density at radius 3 is 2.27 bits per heavy atom. The van der Waals surface area contributed by atoms with Crippen LogP contribution in [0.3, 0.4) is 0 Å². The summed E-state index contributed by atoms with van der Waals surface area (Å²) < 4.78 is 11.1. The Labute approximate surface area is 137 Å². The molecule has 0 saturated carbocycles. The fraction of sp³-hybridized carbons (Fsp3) is 0.333. The minimum absolute atomic E-state index is 0. The number of fused-ring (bicyclic) bond motifs is 1. The summed E-state index contributed by atoms with van der Waals surface area (Å²) in [6.45, 7) is 0. The van der Waals surface area contributed by atoms with Gasteiger partial charge in [0.2, 0.25) is 0 Å². The number of rotatable bonds is 3. The van der Waals surface area contributed by atoms with Crippen LogP contribution in [0.1, 0.15) is 17.5 Å². The van der Waals surface area contributed by atoms with Crippen molar-refractivity contribution in [1.29, 1.82) is 0 Å². The van der Waals surface area contributed by atoms with E-state index in [0.29, 0.717) is 6.04 Å². The Bertz CT molecular complexity index is 635. The summed E-state index contributed by atoms with van der Waals surface area (Å²) in [5.41, 5.74) is 9.33. The SMILES string of the molecule is COc1cccc(OC)c1-c1cccc2c1CC[C@H]([NH3+])C2.[Cl-]. The first-order chi connectivity index (χ1) is 10.2. The highest BCUT2D eigenvalue weighted by Crippen LogP contribution is 2.41. The molecule has 0 amide bonds. The zero-order valence-electron chi connectivity index (χ0n) is 13.1. The molecule has 3 N–H and O–H groups in total. The molecule has 0 unspecified atom stereocenters. The molecule has 1 atom stereocenters. The molecule has 0 heterocycles. The van der Waals surface area contributed by atoms with Crippen molar-refractivity contribution in [2.24, 2.45) is 0 Å². The minimum Gasteiger partial charge on any atom is -1.00 e. The van der Waals surface area contributed by atoms with Crippen molar-refractivity contribution in [2.75, 3.05) is 14.2 Å². The lowest BCUT2D eigenvalue weighted by Crippen LogP contribution is -3.00. The number of methoxy groups -OCH3 is 2. The zero-order valence-corrected chi connectivity index (χ0v) is 13.8. The molecule has 22 heavy (non-hydrogen) atoms. The largest absolute Gasteiger partial charge is 1.00 e. The molecule has 4 heteroatoms. The van der Waals surface area contributed by atoms with Gasteiger partial charge in [0.25, 0.3) is 0 Å². The van der Waals surface area contributed by atoms with E-state index in [1.807, 2.05) is 18.2 Å². The number of benzene rings is 2. The Morgan fingerprint density at radius 2 is 1.64 bits per heavy atom. The van der Waals surface area contributed by atoms with Gasteiger partial charge in [-0.25, -0.2) is 0 Å². The van der Waals surface area contributed by atoms with Crippen LogP contribution < -0.4 is 27.6 Å². The molecule has 0 radical (unpaired) electrons. The molecular formula is C18H22ClNO2. The average Bonchev–Trinajstić information content (AvgIpc) is 2.53. The number of hydrogen-bond acceptors (Lipinski definition) is 2. The van der Waals surface area contributed by atoms with E-state index in [0.717, 1.165) is 36.3 Å². The van der Waals surface area contributed by atoms with Crippen LogP contribution in [0.2, 0.25) is 0 Å². The summed E-state index contributed by atoms with van der Waals surface area (Å²) in [6.07, 6.45) is 3.27. The van der Waals surface area contributed by atoms with Gasteiger partial charge in [-0.1, -0.05) is 24.3 Å². The number of hydrogen-bond donors (Lipinski definition) is 1. The van der Waals surface area contributed by atoms with Crippen molar-refractivity contribution in [1.82, 2.24) is 0 Å². The van der Waals surface area contributed by atoms with Crippen LogP contribution in [-0.4, -0.2) is 20.3 Å². The van der Waals surface area contributed by atoms with E-state index in [4.69, 9.17) is 9.47 Å². The van der Waals surface area contributed by atoms with Gasteiger partial charge >= 0.3 is 0 Å². The van der Waals surface area contributed by atoms with Gasteiger partial charge < -0.3 is 27.6 Å². The molecule has 0 bridgehead atoms. The predicted molar refractivity (Wildman–Crippen MR) is 83.7 cm³/mol. The van der Waals surface area contributed by atoms with Gasteiger partial charge in [-0.05, 0) is 35.2 Å². The van der Waals surface area contributed by atoms with Crippen molar-refractivity contribution >= 4 is 0 Å². The van der Waals surface area contributed by atoms with E-state index in [2.05, 4.69) is 23.9 Å². The molecule has 0 spiro atoms. The number of ether oxygens (including phenoxy) is 2. The van der Waals surface area contributed by atoms with Gasteiger partial charge in [-0.15, -0.1) is 0 Å². The minimum atomic E-state index is 0. The monoisotopic (exact) mass is 319 g/mol. The fourth-order valence-electron chi connectivity index (χ4n) is 3.23. The molecule has 0 aromatic heterocycles. The quantitative estimate of drug-likeness (QED) is 0.827. The van der Waals surface area contributed by atoms with E-state index < -0.39 is 0 Å². The molecule has 2 aromatic carbocycles. The normalized spacial score (nSPS) is 16.4. The molecule has 1 aliphatic carbocycles. The predicted octanol–water partition coefficient (Wildman–Crippen LogP) is -0.526. The number of halogens is 1. The van der Waals surface area contributed by atoms with Crippen LogP contribution >= 0.6 is 0 Å². The van der Waals surface area contributed by atoms with Gasteiger partial charge in [-0.2, -0.15) is 0 Å². The first-order valence-corrected chi connectivity index (χ1v) is 7.39. The summed E-state index contributed by atoms with van der Waals surface area (Å²) in [7, 11) is 3.42. The first kappa shape index (κ1) is 16.7. The first-order valence-electron chi connectivity index (χ1n) is 7.39. The second kappa shape index (κ2) is 7.03. The Balaban J connectivity index is 0.00000176. The van der Waals surface area contributed by atoms with Crippen molar-refractivity contribution in [3.63, 3.8) is 0 Å². The second-order valence-corrected chi connectivity index (χ2v) is 5.59. The third kappa shape index (κ3) is 2.92. The van der Waals surface area contributed by atoms with Crippen LogP contribution in [0, 0.1) is 0 Å². The third-order valence-electron chi connectivity index (χ3n) is 4.28. The van der Waals surface area contributed by atoms with Crippen molar-refractivity contribution < 1.29 is 27.6 Å². The van der Waals surface area contributed by atoms with Crippen molar-refractivity contribution in [3.8, 4) is 22.6 Å². The van der Waals surface area contributed by atoms with Gasteiger partial charge in [0.15, 0.2) is 0 Å². The Hall–Kier alpha value is -1.71. The smallest absolute Gasteiger partial charge is 0.130 e. The lowest BCUT2D eigenvalue weighted by molar-refractivity contribution is -0.421. The van der Waals surface area contributed by atoms with E-state index in [1.165, 1.54) is 16.7 Å². The van der Waals surface area contributed by atoms with Crippen LogP contribution in [0.15, 0.2) is 36.4 Å². The summed E-state index contributed by atoms with van der Waals surface area (Å²) >= 11 is 0. The van der Waals surface area contributed by atoms with Gasteiger partial charge in [0, 0.05) is 12.8 Å². The average molecular weight is 320 g/mol. The molecule has 3 rings (SSSR count). The maximum absolute atomic E-state index is 5.56. The summed E-state index contributed by atoms with van der Waals surface area (Å²) in [5.74, 6) is 1.72. The molecule has 3 nitrogen and oxygen atoms in total. The van der Waals surface area contributed by atoms with Crippen LogP contribution in [-0.2, 0) is 12.8 Å². The fourth-order valence-corrected chi connectivity index (χ4v) is 3.23. The topological polar surface area (TPSA) is 46.1 Å². The van der Waals surface area contributed by atoms with Crippen LogP contribution in [0.25, 0.3) is 11.1 Å². The van der Waals surface area contributed by atoms with Crippen LogP contribution in [0.4, 0.5) is 0 Å². The highest BCUT2D eigenvalue weighted by atomic mass is 35.5. The summed E-state index contributed by atoms with van der Waals surface area (Å²) in [5, 5.41) is 0. The maximum atomic E-state index is 5.56. The molecule has 0 fully saturated rings. The molecular weight excluding hydrogens is 298 g/mol. The summed E-state index contributed by atoms with van der Waals surface area (Å²) in [6, 6.07) is 13.0. The lowest BCUT2D eigenvalue weighted by atomic mass is 9.83. The van der Waals surface area contributed by atoms with E-state index >= 15 is 0 Å². The Morgan fingerprint density at radius 1 is 1.00 bits per heavy atom. The van der Waals surface area contributed by atoms with Crippen molar-refractivity contribution in [3.05, 3.63) is 47.5 Å². The van der Waals surface area contributed by atoms with Gasteiger partial charge in [0.1, 0.15) is 11.5 Å². The standard InChI is InChI=1S/C18H21NO2.ClH/c1-20-16-7-4-8-17(21-2)18(16)15-6-3-5-12-11-13(19)9-10-14(12)15;/h3-8,13H,9-11,19H2,1-2H3;1H/t13-;/m0./s1. The highest BCUT2D eigenvalue weighted by molar-refractivity contribution is 5.80. The third-order valence-corrected chi connectivity index (χ3v) is 4.28. The zero-order chi connectivity index (χ0) is 14.8. The van der Waals surface area contributed by atoms with E-state index in [1.54, 1.807) is 14.2 Å². The molecule has 2 aromatic rings. The van der Waals surface area contributed by atoms with E-state index in [-0.39, 0.29) is 12.4 Å². The molecule has 1 aliphatic rings. The number of quaternary nitrogens is 1. The summed E-state index contributed by atoms with van der Waals surface area (Å²) in [4.78, 5) is 0. The van der Waals surface area contributed by atoms with Gasteiger partial charge in [0.05, 0.1) is 25.8 Å². The highest BCUT2D eigenvalue weighted by Gasteiger charge is 2.23.